The van der Waals surface area contributed by atoms with Crippen molar-refractivity contribution in [2.45, 2.75) is 25.1 Å². The number of piperidine rings is 1. The van der Waals surface area contributed by atoms with Gasteiger partial charge in [-0.3, -0.25) is 14.5 Å². The van der Waals surface area contributed by atoms with Gasteiger partial charge in [-0.05, 0) is 24.6 Å². The fourth-order valence-electron chi connectivity index (χ4n) is 2.28. The lowest BCUT2D eigenvalue weighted by atomic mass is 10.1. The predicted octanol–water partition coefficient (Wildman–Crippen LogP) is 3.24. The van der Waals surface area contributed by atoms with Gasteiger partial charge in [0.2, 0.25) is 11.7 Å². The van der Waals surface area contributed by atoms with Gasteiger partial charge in [-0.15, -0.1) is 0 Å². The molecule has 162 valence electrons. The number of aliphatic carboxylic acids is 1. The first-order valence-electron chi connectivity index (χ1n) is 8.05. The summed E-state index contributed by atoms with van der Waals surface area (Å²) in [4.78, 5) is 37.6. The number of aromatic nitrogens is 2. The first-order valence-corrected chi connectivity index (χ1v) is 8.81. The molecule has 2 N–H and O–H groups in total. The molecule has 2 amide bonds. The van der Waals surface area contributed by atoms with Gasteiger partial charge >= 0.3 is 18.2 Å². The summed E-state index contributed by atoms with van der Waals surface area (Å²) >= 11 is 11.9. The number of anilines is 1. The number of nitrogens with one attached hydrogen (secondary N) is 1. The number of hydrogen-bond donors (Lipinski definition) is 2. The van der Waals surface area contributed by atoms with E-state index in [0.717, 1.165) is 4.90 Å². The maximum Gasteiger partial charge on any atom is 0.490 e. The highest BCUT2D eigenvalue weighted by Gasteiger charge is 2.38. The van der Waals surface area contributed by atoms with E-state index in [1.807, 2.05) is 0 Å². The van der Waals surface area contributed by atoms with Crippen LogP contribution in [0.3, 0.4) is 0 Å². The molecule has 1 aromatic heterocycles. The normalized spacial score (nSPS) is 16.7. The molecule has 1 saturated heterocycles. The Bertz CT molecular complexity index is 946. The van der Waals surface area contributed by atoms with Crippen molar-refractivity contribution < 1.29 is 37.2 Å². The average molecular weight is 469 g/mol. The van der Waals surface area contributed by atoms with Gasteiger partial charge in [0.15, 0.2) is 0 Å². The van der Waals surface area contributed by atoms with Crippen LogP contribution in [0.2, 0.25) is 10.0 Å². The van der Waals surface area contributed by atoms with Gasteiger partial charge in [0.05, 0.1) is 0 Å². The summed E-state index contributed by atoms with van der Waals surface area (Å²) in [7, 11) is 1.45. The fourth-order valence-corrected chi connectivity index (χ4v) is 2.81. The zero-order chi connectivity index (χ0) is 22.6. The molecule has 0 radical (unpaired) electrons. The zero-order valence-electron chi connectivity index (χ0n) is 15.0. The summed E-state index contributed by atoms with van der Waals surface area (Å²) in [5.74, 6) is -2.99. The van der Waals surface area contributed by atoms with Crippen LogP contribution in [0.1, 0.15) is 12.8 Å². The van der Waals surface area contributed by atoms with E-state index in [1.54, 1.807) is 18.2 Å². The van der Waals surface area contributed by atoms with E-state index in [4.69, 9.17) is 37.6 Å². The molecule has 0 bridgehead atoms. The quantitative estimate of drug-likeness (QED) is 0.657. The molecule has 1 atom stereocenters. The zero-order valence-corrected chi connectivity index (χ0v) is 16.5. The van der Waals surface area contributed by atoms with E-state index >= 15 is 0 Å². The van der Waals surface area contributed by atoms with Crippen LogP contribution >= 0.6 is 23.2 Å². The lowest BCUT2D eigenvalue weighted by molar-refractivity contribution is -0.192. The van der Waals surface area contributed by atoms with Crippen LogP contribution in [0.25, 0.3) is 11.4 Å². The Kier molecular flexibility index (Phi) is 7.26. The molecule has 1 aliphatic rings. The third kappa shape index (κ3) is 6.07. The van der Waals surface area contributed by atoms with E-state index in [0.29, 0.717) is 27.9 Å². The van der Waals surface area contributed by atoms with Gasteiger partial charge < -0.3 is 14.9 Å². The Labute approximate surface area is 176 Å². The second kappa shape index (κ2) is 9.30. The van der Waals surface area contributed by atoms with Gasteiger partial charge in [-0.2, -0.15) is 18.2 Å². The highest BCUT2D eigenvalue weighted by atomic mass is 35.5. The number of amides is 2. The smallest absolute Gasteiger partial charge is 0.475 e. The van der Waals surface area contributed by atoms with Crippen molar-refractivity contribution in [2.24, 2.45) is 0 Å². The van der Waals surface area contributed by atoms with Crippen LogP contribution in [-0.2, 0) is 14.4 Å². The minimum absolute atomic E-state index is 0.0946. The van der Waals surface area contributed by atoms with E-state index < -0.39 is 18.2 Å². The number of carbonyl (C=O) groups is 3. The molecule has 3 rings (SSSR count). The summed E-state index contributed by atoms with van der Waals surface area (Å²) in [6.07, 6.45) is -4.42. The number of hydrogen-bond acceptors (Lipinski definition) is 7. The van der Waals surface area contributed by atoms with E-state index in [2.05, 4.69) is 15.5 Å². The molecule has 1 aromatic carbocycles. The summed E-state index contributed by atoms with van der Waals surface area (Å²) in [6.45, 7) is 0. The molecule has 9 nitrogen and oxygen atoms in total. The Morgan fingerprint density at radius 2 is 1.83 bits per heavy atom. The van der Waals surface area contributed by atoms with Crippen LogP contribution in [0, 0.1) is 0 Å². The van der Waals surface area contributed by atoms with E-state index in [-0.39, 0.29) is 24.2 Å². The molecule has 1 fully saturated rings. The largest absolute Gasteiger partial charge is 0.490 e. The highest BCUT2D eigenvalue weighted by Crippen LogP contribution is 2.26. The van der Waals surface area contributed by atoms with Crippen molar-refractivity contribution in [1.82, 2.24) is 15.0 Å². The predicted molar refractivity (Wildman–Crippen MR) is 97.9 cm³/mol. The second-order valence-electron chi connectivity index (χ2n) is 5.91. The molecular weight excluding hydrogens is 456 g/mol. The van der Waals surface area contributed by atoms with Gasteiger partial charge in [-0.25, -0.2) is 4.79 Å². The lowest BCUT2D eigenvalue weighted by Gasteiger charge is -2.27. The monoisotopic (exact) mass is 468 g/mol. The Morgan fingerprint density at radius 3 is 2.37 bits per heavy atom. The minimum Gasteiger partial charge on any atom is -0.475 e. The van der Waals surface area contributed by atoms with Crippen LogP contribution in [0.4, 0.5) is 19.2 Å². The number of benzene rings is 1. The fraction of sp³-hybridized carbons (Fsp3) is 0.312. The number of alkyl halides is 3. The number of carbonyl (C=O) groups excluding carboxylic acids is 2. The number of carboxylic acids is 1. The van der Waals surface area contributed by atoms with Gasteiger partial charge in [0, 0.05) is 29.1 Å². The van der Waals surface area contributed by atoms with Crippen molar-refractivity contribution in [3.63, 3.8) is 0 Å². The maximum atomic E-state index is 12.0. The molecule has 0 spiro atoms. The van der Waals surface area contributed by atoms with E-state index in [1.165, 1.54) is 7.05 Å². The Morgan fingerprint density at radius 1 is 1.27 bits per heavy atom. The van der Waals surface area contributed by atoms with Crippen molar-refractivity contribution in [3.8, 4) is 11.4 Å². The molecule has 0 aliphatic carbocycles. The van der Waals surface area contributed by atoms with Gasteiger partial charge in [0.1, 0.15) is 6.04 Å². The number of carboxylic acid groups (broad SMARTS) is 1. The number of nitrogens with zero attached hydrogens (tertiary/aromatic N) is 3. The Balaban J connectivity index is 0.000000396. The topological polar surface area (TPSA) is 126 Å². The van der Waals surface area contributed by atoms with Crippen molar-refractivity contribution in [3.05, 3.63) is 28.2 Å². The first kappa shape index (κ1) is 23.4. The number of likely N-dealkylation sites (tertiary alicyclic amines) is 1. The standard InChI is InChI=1S/C14H12Cl2N4O3.C2HF3O2/c1-20-11(21)3-2-10(13(20)22)17-14-18-12(19-23-14)7-4-8(15)6-9(16)5-7;3-2(4,5)1(6)7/h4-6,10H,2-3H2,1H3,(H,17,18,19);(H,6,7). The first-order chi connectivity index (χ1) is 13.9. The van der Waals surface area contributed by atoms with Gasteiger partial charge in [0.25, 0.3) is 5.91 Å². The molecule has 1 unspecified atom stereocenters. The molecule has 2 heterocycles. The lowest BCUT2D eigenvalue weighted by Crippen LogP contribution is -2.48. The van der Waals surface area contributed by atoms with Crippen molar-refractivity contribution >= 4 is 47.0 Å². The summed E-state index contributed by atoms with van der Waals surface area (Å²) in [6, 6.07) is 4.42. The number of likely N-dealkylation sites (N-methyl/N-ethyl adjacent to an activating group) is 1. The molecule has 30 heavy (non-hydrogen) atoms. The Hall–Kier alpha value is -2.86. The summed E-state index contributed by atoms with van der Waals surface area (Å²) < 4.78 is 36.8. The second-order valence-corrected chi connectivity index (χ2v) is 6.78. The number of halogens is 5. The van der Waals surface area contributed by atoms with Crippen LogP contribution in [0.5, 0.6) is 0 Å². The maximum absolute atomic E-state index is 12.0. The molecule has 1 aliphatic heterocycles. The van der Waals surface area contributed by atoms with Crippen LogP contribution in [0.15, 0.2) is 22.7 Å². The van der Waals surface area contributed by atoms with E-state index in [9.17, 15) is 22.8 Å². The number of rotatable bonds is 3. The molecule has 2 aromatic rings. The van der Waals surface area contributed by atoms with Crippen molar-refractivity contribution in [1.29, 1.82) is 0 Å². The average Bonchev–Trinajstić information content (AvgIpc) is 3.10. The molecule has 14 heteroatoms. The van der Waals surface area contributed by atoms with Gasteiger partial charge in [-0.1, -0.05) is 28.4 Å². The third-order valence-electron chi connectivity index (χ3n) is 3.74. The molecular formula is C16H13Cl2F3N4O5. The van der Waals surface area contributed by atoms with Crippen LogP contribution in [-0.4, -0.2) is 57.2 Å². The van der Waals surface area contributed by atoms with Crippen molar-refractivity contribution in [2.75, 3.05) is 12.4 Å². The minimum atomic E-state index is -5.08. The SMILES string of the molecule is CN1C(=O)CCC(Nc2nc(-c3cc(Cl)cc(Cl)c3)no2)C1=O.O=C(O)C(F)(F)F. The number of imide groups is 1. The third-order valence-corrected chi connectivity index (χ3v) is 4.17. The summed E-state index contributed by atoms with van der Waals surface area (Å²) in [5, 5.41) is 14.7. The van der Waals surface area contributed by atoms with Crippen LogP contribution < -0.4 is 5.32 Å². The summed E-state index contributed by atoms with van der Waals surface area (Å²) in [5.41, 5.74) is 0.599. The highest BCUT2D eigenvalue weighted by molar-refractivity contribution is 6.35. The molecule has 0 saturated carbocycles.